The Kier molecular flexibility index (Phi) is 17.2. The number of hydrogen-bond acceptors (Lipinski definition) is 6. The minimum Gasteiger partial charge on any atom is -0.465 e. The van der Waals surface area contributed by atoms with E-state index in [1.54, 1.807) is 0 Å². The molecule has 6 heteroatoms. The van der Waals surface area contributed by atoms with Crippen LogP contribution in [0.5, 0.6) is 0 Å². The van der Waals surface area contributed by atoms with E-state index in [-0.39, 0.29) is 23.5 Å². The van der Waals surface area contributed by atoms with Crippen molar-refractivity contribution in [2.75, 3.05) is 13.2 Å². The molecule has 0 amide bonds. The Morgan fingerprint density at radius 1 is 0.643 bits per heavy atom. The molecular formula is C36H60O6. The summed E-state index contributed by atoms with van der Waals surface area (Å²) in [7, 11) is 0. The van der Waals surface area contributed by atoms with Gasteiger partial charge in [0, 0.05) is 24.0 Å². The summed E-state index contributed by atoms with van der Waals surface area (Å²) in [5, 5.41) is 0. The number of rotatable bonds is 22. The highest BCUT2D eigenvalue weighted by molar-refractivity contribution is 6.20. The quantitative estimate of drug-likeness (QED) is 0.0927. The largest absolute Gasteiger partial charge is 0.465 e. The molecule has 0 aliphatic heterocycles. The van der Waals surface area contributed by atoms with E-state index >= 15 is 0 Å². The van der Waals surface area contributed by atoms with Gasteiger partial charge in [0.25, 0.3) is 0 Å². The molecule has 0 aromatic heterocycles. The average Bonchev–Trinajstić information content (AvgIpc) is 2.93. The summed E-state index contributed by atoms with van der Waals surface area (Å²) >= 11 is 0. The maximum Gasteiger partial charge on any atom is 0.305 e. The van der Waals surface area contributed by atoms with Crippen LogP contribution in [-0.4, -0.2) is 36.7 Å². The molecular weight excluding hydrogens is 528 g/mol. The normalized spacial score (nSPS) is 15.6. The molecule has 6 nitrogen and oxygen atoms in total. The SMILES string of the molecule is CCCCC(CC)COC(=O)CCCC(C)(C)C1=CC(=O)C(C(C)(C)CCCC(=O)OCC(CC)CCCC)=CC1=O. The average molecular weight is 589 g/mol. The lowest BCUT2D eigenvalue weighted by molar-refractivity contribution is -0.146. The minimum atomic E-state index is -0.538. The smallest absolute Gasteiger partial charge is 0.305 e. The van der Waals surface area contributed by atoms with Crippen LogP contribution in [-0.2, 0) is 28.7 Å². The fourth-order valence-corrected chi connectivity index (χ4v) is 5.60. The number of esters is 2. The molecule has 0 aromatic rings. The second kappa shape index (κ2) is 19.1. The third-order valence-corrected chi connectivity index (χ3v) is 8.95. The van der Waals surface area contributed by atoms with Crippen molar-refractivity contribution in [3.8, 4) is 0 Å². The van der Waals surface area contributed by atoms with Crippen LogP contribution in [0.1, 0.15) is 145 Å². The first-order chi connectivity index (χ1) is 19.8. The van der Waals surface area contributed by atoms with Crippen molar-refractivity contribution in [1.82, 2.24) is 0 Å². The van der Waals surface area contributed by atoms with E-state index in [9.17, 15) is 19.2 Å². The maximum atomic E-state index is 13.2. The van der Waals surface area contributed by atoms with Crippen LogP contribution >= 0.6 is 0 Å². The highest BCUT2D eigenvalue weighted by Crippen LogP contribution is 2.40. The van der Waals surface area contributed by atoms with Gasteiger partial charge in [0.15, 0.2) is 11.6 Å². The molecule has 0 aromatic carbocycles. The molecule has 0 radical (unpaired) electrons. The Morgan fingerprint density at radius 2 is 1.00 bits per heavy atom. The number of unbranched alkanes of at least 4 members (excludes halogenated alkanes) is 2. The van der Waals surface area contributed by atoms with Crippen molar-refractivity contribution < 1.29 is 28.7 Å². The number of ketones is 2. The molecule has 0 bridgehead atoms. The molecule has 0 fully saturated rings. The summed E-state index contributed by atoms with van der Waals surface area (Å²) in [5.74, 6) is 0.127. The summed E-state index contributed by atoms with van der Waals surface area (Å²) in [4.78, 5) is 51.1. The van der Waals surface area contributed by atoms with Gasteiger partial charge >= 0.3 is 11.9 Å². The molecule has 240 valence electrons. The van der Waals surface area contributed by atoms with Crippen LogP contribution in [0.3, 0.4) is 0 Å². The second-order valence-electron chi connectivity index (χ2n) is 13.5. The number of hydrogen-bond donors (Lipinski definition) is 0. The highest BCUT2D eigenvalue weighted by atomic mass is 16.5. The Morgan fingerprint density at radius 3 is 1.31 bits per heavy atom. The molecule has 1 aliphatic carbocycles. The third kappa shape index (κ3) is 13.4. The molecule has 2 unspecified atom stereocenters. The molecule has 1 rings (SSSR count). The first-order valence-electron chi connectivity index (χ1n) is 16.6. The van der Waals surface area contributed by atoms with E-state index < -0.39 is 10.8 Å². The van der Waals surface area contributed by atoms with Gasteiger partial charge in [-0.15, -0.1) is 0 Å². The van der Waals surface area contributed by atoms with E-state index in [2.05, 4.69) is 27.7 Å². The van der Waals surface area contributed by atoms with Gasteiger partial charge in [-0.1, -0.05) is 93.9 Å². The van der Waals surface area contributed by atoms with E-state index in [1.165, 1.54) is 12.2 Å². The number of carbonyl (C=O) groups excluding carboxylic acids is 4. The summed E-state index contributed by atoms with van der Waals surface area (Å²) in [6.07, 6.45) is 14.7. The van der Waals surface area contributed by atoms with Gasteiger partial charge in [-0.3, -0.25) is 19.2 Å². The number of carbonyl (C=O) groups is 4. The molecule has 0 spiro atoms. The van der Waals surface area contributed by atoms with Crippen LogP contribution in [0.25, 0.3) is 0 Å². The van der Waals surface area contributed by atoms with Gasteiger partial charge in [-0.25, -0.2) is 0 Å². The fraction of sp³-hybridized carbons (Fsp3) is 0.778. The Labute approximate surface area is 256 Å². The predicted octanol–water partition coefficient (Wildman–Crippen LogP) is 8.90. The summed E-state index contributed by atoms with van der Waals surface area (Å²) in [6, 6.07) is 0. The highest BCUT2D eigenvalue weighted by Gasteiger charge is 2.36. The fourth-order valence-electron chi connectivity index (χ4n) is 5.60. The van der Waals surface area contributed by atoms with E-state index in [0.29, 0.717) is 74.7 Å². The first-order valence-corrected chi connectivity index (χ1v) is 16.6. The van der Waals surface area contributed by atoms with Crippen molar-refractivity contribution >= 4 is 23.5 Å². The van der Waals surface area contributed by atoms with Gasteiger partial charge in [-0.05, 0) is 73.3 Å². The molecule has 1 aliphatic rings. The van der Waals surface area contributed by atoms with Gasteiger partial charge in [0.1, 0.15) is 0 Å². The van der Waals surface area contributed by atoms with Crippen LogP contribution in [0.4, 0.5) is 0 Å². The zero-order valence-corrected chi connectivity index (χ0v) is 28.1. The zero-order chi connectivity index (χ0) is 31.8. The topological polar surface area (TPSA) is 86.7 Å². The van der Waals surface area contributed by atoms with E-state index in [1.807, 2.05) is 27.7 Å². The Balaban J connectivity index is 2.60. The number of allylic oxidation sites excluding steroid dienone is 4. The van der Waals surface area contributed by atoms with Gasteiger partial charge < -0.3 is 9.47 Å². The Hall–Kier alpha value is -2.24. The van der Waals surface area contributed by atoms with Crippen molar-refractivity contribution in [3.05, 3.63) is 23.3 Å². The maximum absolute atomic E-state index is 13.2. The van der Waals surface area contributed by atoms with Crippen LogP contribution in [0.15, 0.2) is 23.3 Å². The molecule has 0 saturated heterocycles. The second-order valence-corrected chi connectivity index (χ2v) is 13.5. The van der Waals surface area contributed by atoms with Gasteiger partial charge in [-0.2, -0.15) is 0 Å². The molecule has 0 N–H and O–H groups in total. The van der Waals surface area contributed by atoms with Crippen molar-refractivity contribution in [3.63, 3.8) is 0 Å². The third-order valence-electron chi connectivity index (χ3n) is 8.95. The van der Waals surface area contributed by atoms with Crippen molar-refractivity contribution in [1.29, 1.82) is 0 Å². The standard InChI is InChI=1S/C36H60O6/c1-9-13-17-27(11-3)25-41-33(39)19-15-21-35(5,6)29-23-32(38)30(24-31(29)37)36(7,8)22-16-20-34(40)42-26-28(12-4)18-14-10-2/h23-24,27-28H,9-22,25-26H2,1-8H3. The molecule has 2 atom stereocenters. The zero-order valence-electron chi connectivity index (χ0n) is 28.1. The van der Waals surface area contributed by atoms with Crippen LogP contribution in [0, 0.1) is 22.7 Å². The number of ether oxygens (including phenoxy) is 2. The summed E-state index contributed by atoms with van der Waals surface area (Å²) in [5.41, 5.74) is -0.0983. The monoisotopic (exact) mass is 588 g/mol. The van der Waals surface area contributed by atoms with Gasteiger partial charge in [0.2, 0.25) is 0 Å². The van der Waals surface area contributed by atoms with Crippen LogP contribution < -0.4 is 0 Å². The van der Waals surface area contributed by atoms with E-state index in [0.717, 1.165) is 51.4 Å². The lowest BCUT2D eigenvalue weighted by Crippen LogP contribution is -2.30. The van der Waals surface area contributed by atoms with Gasteiger partial charge in [0.05, 0.1) is 13.2 Å². The minimum absolute atomic E-state index is 0.149. The molecule has 0 saturated carbocycles. The molecule has 42 heavy (non-hydrogen) atoms. The first kappa shape index (κ1) is 37.8. The van der Waals surface area contributed by atoms with Crippen LogP contribution in [0.2, 0.25) is 0 Å². The lowest BCUT2D eigenvalue weighted by Gasteiger charge is -2.32. The molecule has 0 heterocycles. The summed E-state index contributed by atoms with van der Waals surface area (Å²) < 4.78 is 11.0. The Bertz CT molecular complexity index is 863. The predicted molar refractivity (Wildman–Crippen MR) is 170 cm³/mol. The van der Waals surface area contributed by atoms with Crippen molar-refractivity contribution in [2.24, 2.45) is 22.7 Å². The van der Waals surface area contributed by atoms with E-state index in [4.69, 9.17) is 9.47 Å². The lowest BCUT2D eigenvalue weighted by atomic mass is 9.70. The summed E-state index contributed by atoms with van der Waals surface area (Å²) in [6.45, 7) is 17.3. The van der Waals surface area contributed by atoms with Crippen molar-refractivity contribution in [2.45, 2.75) is 145 Å².